The molecule has 0 heterocycles. The zero-order valence-electron chi connectivity index (χ0n) is 12.7. The Morgan fingerprint density at radius 1 is 0.556 bits per heavy atom. The fourth-order valence-corrected chi connectivity index (χ4v) is 8.29. The van der Waals surface area contributed by atoms with Crippen LogP contribution in [0.25, 0.3) is 0 Å². The van der Waals surface area contributed by atoms with Crippen LogP contribution in [0.15, 0.2) is 0 Å². The molecule has 0 aromatic heterocycles. The van der Waals surface area contributed by atoms with Gasteiger partial charge in [-0.3, -0.25) is 0 Å². The molecule has 18 heavy (non-hydrogen) atoms. The van der Waals surface area contributed by atoms with Crippen molar-refractivity contribution in [2.45, 2.75) is 58.5 Å². The molecule has 0 aliphatic heterocycles. The summed E-state index contributed by atoms with van der Waals surface area (Å²) in [6.07, 6.45) is 3.76. The Hall–Kier alpha value is 0.580. The normalized spacial score (nSPS) is 14.4. The van der Waals surface area contributed by atoms with Gasteiger partial charge in [-0.15, -0.1) is 0 Å². The maximum atomic E-state index is 6.01. The Balaban J connectivity index is 4.82. The molecule has 5 heteroatoms. The van der Waals surface area contributed by atoms with Crippen molar-refractivity contribution in [3.8, 4) is 0 Å². The molecule has 0 aromatic rings. The van der Waals surface area contributed by atoms with E-state index in [0.29, 0.717) is 26.4 Å². The SMILES string of the molecule is CCC[O][Nb]([CH3])([O]CCC)([O]CCC)[O]CCC. The van der Waals surface area contributed by atoms with E-state index in [9.17, 15) is 0 Å². The van der Waals surface area contributed by atoms with Crippen molar-refractivity contribution in [1.29, 1.82) is 0 Å². The average Bonchev–Trinajstić information content (AvgIpc) is 2.40. The molecule has 4 nitrogen and oxygen atoms in total. The molecular weight excluding hydrogens is 313 g/mol. The molecule has 0 amide bonds. The van der Waals surface area contributed by atoms with Crippen LogP contribution in [0.1, 0.15) is 53.4 Å². The molecule has 0 aliphatic rings. The first-order chi connectivity index (χ1) is 8.54. The van der Waals surface area contributed by atoms with Gasteiger partial charge in [0, 0.05) is 0 Å². The Bertz CT molecular complexity index is 168. The maximum absolute atomic E-state index is 6.01. The van der Waals surface area contributed by atoms with E-state index in [0.717, 1.165) is 25.7 Å². The van der Waals surface area contributed by atoms with E-state index in [-0.39, 0.29) is 0 Å². The molecule has 0 spiro atoms. The molecule has 0 atom stereocenters. The third-order valence-corrected chi connectivity index (χ3v) is 9.77. The zero-order chi connectivity index (χ0) is 13.9. The van der Waals surface area contributed by atoms with Gasteiger partial charge >= 0.3 is 115 Å². The van der Waals surface area contributed by atoms with Crippen molar-refractivity contribution in [1.82, 2.24) is 0 Å². The van der Waals surface area contributed by atoms with Gasteiger partial charge in [0.15, 0.2) is 0 Å². The van der Waals surface area contributed by atoms with Crippen LogP contribution in [0.2, 0.25) is 5.14 Å². The van der Waals surface area contributed by atoms with Gasteiger partial charge in [-0.2, -0.15) is 0 Å². The number of hydrogen-bond donors (Lipinski definition) is 0. The summed E-state index contributed by atoms with van der Waals surface area (Å²) in [6.45, 7) is 10.9. The molecular formula is C13H31NbO4. The topological polar surface area (TPSA) is 36.9 Å². The molecule has 0 rings (SSSR count). The van der Waals surface area contributed by atoms with Crippen molar-refractivity contribution in [2.75, 3.05) is 26.4 Å². The van der Waals surface area contributed by atoms with Gasteiger partial charge in [-0.25, -0.2) is 0 Å². The summed E-state index contributed by atoms with van der Waals surface area (Å²) in [6, 6.07) is 0. The summed E-state index contributed by atoms with van der Waals surface area (Å²) in [5, 5.41) is 1.95. The van der Waals surface area contributed by atoms with Crippen LogP contribution < -0.4 is 0 Å². The van der Waals surface area contributed by atoms with E-state index >= 15 is 0 Å². The Morgan fingerprint density at radius 2 is 0.778 bits per heavy atom. The van der Waals surface area contributed by atoms with Gasteiger partial charge in [0.1, 0.15) is 0 Å². The average molecular weight is 344 g/mol. The second kappa shape index (κ2) is 9.48. The van der Waals surface area contributed by atoms with Crippen molar-refractivity contribution < 1.29 is 30.4 Å². The first-order valence-electron chi connectivity index (χ1n) is 7.16. The van der Waals surface area contributed by atoms with Crippen LogP contribution in [-0.2, 0) is 30.4 Å². The first kappa shape index (κ1) is 18.6. The second-order valence-electron chi connectivity index (χ2n) is 4.51. The number of hydrogen-bond acceptors (Lipinski definition) is 4. The third kappa shape index (κ3) is 6.66. The van der Waals surface area contributed by atoms with Crippen LogP contribution >= 0.6 is 0 Å². The van der Waals surface area contributed by atoms with E-state index in [4.69, 9.17) is 13.0 Å². The summed E-state index contributed by atoms with van der Waals surface area (Å²) in [4.78, 5) is 0. The summed E-state index contributed by atoms with van der Waals surface area (Å²) in [5.74, 6) is 0. The first-order valence-corrected chi connectivity index (χ1v) is 12.9. The Kier molecular flexibility index (Phi) is 9.78. The minimum atomic E-state index is -4.24. The third-order valence-electron chi connectivity index (χ3n) is 2.33. The standard InChI is InChI=1S/4C3H7O.CH3.Nb/c4*1-2-3-4;;/h4*2-3H2,1H3;1H3;/q4*-1;;+4. The predicted molar refractivity (Wildman–Crippen MR) is 70.8 cm³/mol. The van der Waals surface area contributed by atoms with Gasteiger partial charge < -0.3 is 0 Å². The minimum absolute atomic E-state index is 0.634. The van der Waals surface area contributed by atoms with Gasteiger partial charge in [-0.1, -0.05) is 0 Å². The van der Waals surface area contributed by atoms with Gasteiger partial charge in [0.05, 0.1) is 0 Å². The van der Waals surface area contributed by atoms with Crippen molar-refractivity contribution in [3.05, 3.63) is 0 Å². The molecule has 112 valence electrons. The summed E-state index contributed by atoms with van der Waals surface area (Å²) < 4.78 is 24.0. The number of rotatable bonds is 12. The molecule has 0 unspecified atom stereocenters. The second-order valence-corrected chi connectivity index (χ2v) is 12.8. The van der Waals surface area contributed by atoms with E-state index < -0.39 is 17.4 Å². The predicted octanol–water partition coefficient (Wildman–Crippen LogP) is 4.09. The van der Waals surface area contributed by atoms with Crippen molar-refractivity contribution in [2.24, 2.45) is 0 Å². The summed E-state index contributed by atoms with van der Waals surface area (Å²) >= 11 is -4.24. The molecule has 0 bridgehead atoms. The van der Waals surface area contributed by atoms with Gasteiger partial charge in [0.25, 0.3) is 0 Å². The van der Waals surface area contributed by atoms with E-state index in [1.54, 1.807) is 0 Å². The van der Waals surface area contributed by atoms with Gasteiger partial charge in [-0.05, 0) is 0 Å². The van der Waals surface area contributed by atoms with Crippen LogP contribution in [0.3, 0.4) is 0 Å². The van der Waals surface area contributed by atoms with Gasteiger partial charge in [0.2, 0.25) is 0 Å². The summed E-state index contributed by atoms with van der Waals surface area (Å²) in [5.41, 5.74) is 0. The monoisotopic (exact) mass is 344 g/mol. The fraction of sp³-hybridized carbons (Fsp3) is 1.00. The van der Waals surface area contributed by atoms with Crippen LogP contribution in [-0.4, -0.2) is 26.4 Å². The molecule has 0 saturated carbocycles. The van der Waals surface area contributed by atoms with Crippen LogP contribution in [0, 0.1) is 0 Å². The fourth-order valence-electron chi connectivity index (χ4n) is 1.40. The Morgan fingerprint density at radius 3 is 0.944 bits per heavy atom. The van der Waals surface area contributed by atoms with E-state index in [2.05, 4.69) is 27.7 Å². The van der Waals surface area contributed by atoms with Crippen LogP contribution in [0.5, 0.6) is 0 Å². The molecule has 0 saturated heterocycles. The quantitative estimate of drug-likeness (QED) is 0.500. The van der Waals surface area contributed by atoms with Crippen molar-refractivity contribution in [3.63, 3.8) is 0 Å². The molecule has 0 radical (unpaired) electrons. The summed E-state index contributed by atoms with van der Waals surface area (Å²) in [7, 11) is 0. The van der Waals surface area contributed by atoms with Crippen LogP contribution in [0.4, 0.5) is 0 Å². The Labute approximate surface area is 115 Å². The molecule has 0 aliphatic carbocycles. The van der Waals surface area contributed by atoms with Crippen molar-refractivity contribution >= 4 is 0 Å². The van der Waals surface area contributed by atoms with E-state index in [1.807, 2.05) is 5.14 Å². The molecule has 0 N–H and O–H groups in total. The van der Waals surface area contributed by atoms with E-state index in [1.165, 1.54) is 0 Å². The molecule has 0 aromatic carbocycles. The zero-order valence-corrected chi connectivity index (χ0v) is 14.9. The molecule has 0 fully saturated rings.